The second-order valence-corrected chi connectivity index (χ2v) is 7.39. The van der Waals surface area contributed by atoms with Gasteiger partial charge in [-0.05, 0) is 37.1 Å². The first kappa shape index (κ1) is 19.8. The van der Waals surface area contributed by atoms with E-state index in [1.165, 1.54) is 11.1 Å². The summed E-state index contributed by atoms with van der Waals surface area (Å²) < 4.78 is 11.6. The van der Waals surface area contributed by atoms with E-state index in [1.54, 1.807) is 13.2 Å². The van der Waals surface area contributed by atoms with Crippen LogP contribution in [0.25, 0.3) is 0 Å². The summed E-state index contributed by atoms with van der Waals surface area (Å²) in [6.07, 6.45) is 1.78. The number of hydrogen-bond acceptors (Lipinski definition) is 4. The van der Waals surface area contributed by atoms with E-state index >= 15 is 0 Å². The Labute approximate surface area is 156 Å². The highest BCUT2D eigenvalue weighted by Crippen LogP contribution is 2.22. The zero-order valence-electron chi connectivity index (χ0n) is 16.6. The normalized spacial score (nSPS) is 12.2. The Morgan fingerprint density at radius 3 is 2.42 bits per heavy atom. The molecular weight excluding hydrogens is 328 g/mol. The summed E-state index contributed by atoms with van der Waals surface area (Å²) in [7, 11) is 1.73. The van der Waals surface area contributed by atoms with Crippen molar-refractivity contribution in [1.82, 2.24) is 15.6 Å². The van der Waals surface area contributed by atoms with Crippen LogP contribution in [0.1, 0.15) is 43.5 Å². The lowest BCUT2D eigenvalue weighted by molar-refractivity contribution is 0.321. The van der Waals surface area contributed by atoms with Crippen LogP contribution in [0, 0.1) is 13.8 Å². The van der Waals surface area contributed by atoms with Gasteiger partial charge in [-0.25, -0.2) is 4.98 Å². The number of benzene rings is 1. The van der Waals surface area contributed by atoms with E-state index < -0.39 is 0 Å². The molecule has 0 atom stereocenters. The molecule has 2 rings (SSSR count). The van der Waals surface area contributed by atoms with Crippen molar-refractivity contribution < 1.29 is 9.15 Å². The number of hydrogen-bond donors (Lipinski definition) is 2. The second kappa shape index (κ2) is 8.74. The molecule has 6 nitrogen and oxygen atoms in total. The monoisotopic (exact) mass is 358 g/mol. The van der Waals surface area contributed by atoms with Crippen LogP contribution >= 0.6 is 0 Å². The fourth-order valence-corrected chi connectivity index (χ4v) is 2.47. The Morgan fingerprint density at radius 2 is 1.85 bits per heavy atom. The van der Waals surface area contributed by atoms with E-state index in [1.807, 2.05) is 12.1 Å². The third kappa shape index (κ3) is 6.10. The number of aryl methyl sites for hydroxylation is 2. The van der Waals surface area contributed by atoms with Crippen molar-refractivity contribution in [2.75, 3.05) is 20.2 Å². The fraction of sp³-hybridized carbons (Fsp3) is 0.500. The maximum Gasteiger partial charge on any atom is 0.213 e. The van der Waals surface area contributed by atoms with Gasteiger partial charge in [-0.3, -0.25) is 4.99 Å². The molecule has 0 amide bonds. The number of rotatable bonds is 6. The van der Waals surface area contributed by atoms with Gasteiger partial charge in [-0.2, -0.15) is 0 Å². The molecule has 0 spiro atoms. The molecule has 142 valence electrons. The Balaban J connectivity index is 1.75. The Bertz CT molecular complexity index is 724. The fourth-order valence-electron chi connectivity index (χ4n) is 2.47. The third-order valence-corrected chi connectivity index (χ3v) is 3.78. The number of oxazole rings is 1. The zero-order chi connectivity index (χ0) is 19.2. The van der Waals surface area contributed by atoms with Gasteiger partial charge < -0.3 is 19.8 Å². The predicted octanol–water partition coefficient (Wildman–Crippen LogP) is 3.33. The molecular formula is C20H30N4O2. The van der Waals surface area contributed by atoms with Gasteiger partial charge in [-0.1, -0.05) is 26.8 Å². The van der Waals surface area contributed by atoms with Gasteiger partial charge in [0.25, 0.3) is 0 Å². The molecule has 2 N–H and O–H groups in total. The van der Waals surface area contributed by atoms with E-state index in [2.05, 4.69) is 61.3 Å². The molecule has 0 unspecified atom stereocenters. The molecule has 26 heavy (non-hydrogen) atoms. The van der Waals surface area contributed by atoms with Crippen molar-refractivity contribution in [3.63, 3.8) is 0 Å². The van der Waals surface area contributed by atoms with Gasteiger partial charge in [0.05, 0.1) is 19.3 Å². The Morgan fingerprint density at radius 1 is 1.15 bits per heavy atom. The van der Waals surface area contributed by atoms with Gasteiger partial charge >= 0.3 is 0 Å². The van der Waals surface area contributed by atoms with Gasteiger partial charge in [-0.15, -0.1) is 0 Å². The Hall–Kier alpha value is -2.50. The third-order valence-electron chi connectivity index (χ3n) is 3.78. The van der Waals surface area contributed by atoms with Crippen LogP contribution in [0.15, 0.2) is 33.8 Å². The SMILES string of the molecule is CN=C(NCCOc1cc(C)cc(C)c1)NCc1ncc(C(C)(C)C)o1. The maximum absolute atomic E-state index is 5.79. The summed E-state index contributed by atoms with van der Waals surface area (Å²) in [6.45, 7) is 12.1. The molecule has 1 aromatic carbocycles. The summed E-state index contributed by atoms with van der Waals surface area (Å²) in [6, 6.07) is 6.20. The standard InChI is InChI=1S/C20H30N4O2/c1-14-9-15(2)11-16(10-14)25-8-7-22-19(21-6)24-13-18-23-12-17(26-18)20(3,4)5/h9-12H,7-8,13H2,1-6H3,(H2,21,22,24). The van der Waals surface area contributed by atoms with Gasteiger partial charge in [0.15, 0.2) is 5.96 Å². The minimum atomic E-state index is -0.0450. The lowest BCUT2D eigenvalue weighted by Gasteiger charge is -2.14. The van der Waals surface area contributed by atoms with E-state index in [4.69, 9.17) is 9.15 Å². The molecule has 0 saturated heterocycles. The highest BCUT2D eigenvalue weighted by atomic mass is 16.5. The largest absolute Gasteiger partial charge is 0.492 e. The average Bonchev–Trinajstić information content (AvgIpc) is 3.02. The van der Waals surface area contributed by atoms with Crippen LogP contribution in [0.5, 0.6) is 5.75 Å². The Kier molecular flexibility index (Phi) is 6.66. The molecule has 1 heterocycles. The van der Waals surface area contributed by atoms with Crippen molar-refractivity contribution in [2.24, 2.45) is 4.99 Å². The van der Waals surface area contributed by atoms with E-state index in [9.17, 15) is 0 Å². The minimum absolute atomic E-state index is 0.0450. The highest BCUT2D eigenvalue weighted by molar-refractivity contribution is 5.79. The summed E-state index contributed by atoms with van der Waals surface area (Å²) in [4.78, 5) is 8.51. The van der Waals surface area contributed by atoms with Crippen molar-refractivity contribution in [3.05, 3.63) is 47.2 Å². The molecule has 0 bridgehead atoms. The van der Waals surface area contributed by atoms with Gasteiger partial charge in [0.2, 0.25) is 5.89 Å². The molecule has 0 aliphatic rings. The van der Waals surface area contributed by atoms with Gasteiger partial charge in [0, 0.05) is 12.5 Å². The molecule has 1 aromatic heterocycles. The molecule has 2 aromatic rings. The zero-order valence-corrected chi connectivity index (χ0v) is 16.6. The quantitative estimate of drug-likeness (QED) is 0.471. The van der Waals surface area contributed by atoms with E-state index in [0.717, 1.165) is 11.5 Å². The number of aromatic nitrogens is 1. The average molecular weight is 358 g/mol. The first-order valence-electron chi connectivity index (χ1n) is 8.89. The maximum atomic E-state index is 5.79. The molecule has 0 aliphatic carbocycles. The molecule has 0 saturated carbocycles. The molecule has 6 heteroatoms. The first-order valence-corrected chi connectivity index (χ1v) is 8.89. The summed E-state index contributed by atoms with van der Waals surface area (Å²) in [5.41, 5.74) is 2.36. The molecule has 0 radical (unpaired) electrons. The van der Waals surface area contributed by atoms with Crippen molar-refractivity contribution >= 4 is 5.96 Å². The summed E-state index contributed by atoms with van der Waals surface area (Å²) >= 11 is 0. The van der Waals surface area contributed by atoms with Crippen molar-refractivity contribution in [3.8, 4) is 5.75 Å². The van der Waals surface area contributed by atoms with Crippen molar-refractivity contribution in [2.45, 2.75) is 46.6 Å². The molecule has 0 fully saturated rings. The first-order chi connectivity index (χ1) is 12.3. The molecule has 0 aliphatic heterocycles. The van der Waals surface area contributed by atoms with Crippen LogP contribution in [0.3, 0.4) is 0 Å². The van der Waals surface area contributed by atoms with Gasteiger partial charge in [0.1, 0.15) is 18.1 Å². The van der Waals surface area contributed by atoms with E-state index in [0.29, 0.717) is 31.5 Å². The van der Waals surface area contributed by atoms with E-state index in [-0.39, 0.29) is 5.41 Å². The summed E-state index contributed by atoms with van der Waals surface area (Å²) in [5.74, 6) is 3.09. The van der Waals surface area contributed by atoms with Crippen LogP contribution in [-0.2, 0) is 12.0 Å². The number of nitrogens with zero attached hydrogens (tertiary/aromatic N) is 2. The summed E-state index contributed by atoms with van der Waals surface area (Å²) in [5, 5.41) is 6.42. The highest BCUT2D eigenvalue weighted by Gasteiger charge is 2.19. The van der Waals surface area contributed by atoms with Crippen LogP contribution in [-0.4, -0.2) is 31.1 Å². The second-order valence-electron chi connectivity index (χ2n) is 7.39. The van der Waals surface area contributed by atoms with Crippen LogP contribution in [0.2, 0.25) is 0 Å². The lowest BCUT2D eigenvalue weighted by atomic mass is 9.94. The number of guanidine groups is 1. The van der Waals surface area contributed by atoms with Crippen LogP contribution < -0.4 is 15.4 Å². The number of ether oxygens (including phenoxy) is 1. The smallest absolute Gasteiger partial charge is 0.213 e. The van der Waals surface area contributed by atoms with Crippen molar-refractivity contribution in [1.29, 1.82) is 0 Å². The lowest BCUT2D eigenvalue weighted by Crippen LogP contribution is -2.38. The minimum Gasteiger partial charge on any atom is -0.492 e. The predicted molar refractivity (Wildman–Crippen MR) is 105 cm³/mol. The van der Waals surface area contributed by atoms with Crippen LogP contribution in [0.4, 0.5) is 0 Å². The number of nitrogens with one attached hydrogen (secondary N) is 2. The number of aliphatic imine (C=N–C) groups is 1. The topological polar surface area (TPSA) is 71.7 Å².